The number of hydrogen-bond donors (Lipinski definition) is 2. The van der Waals surface area contributed by atoms with Crippen molar-refractivity contribution in [2.24, 2.45) is 34.5 Å². The van der Waals surface area contributed by atoms with E-state index in [2.05, 4.69) is 13.8 Å². The normalized spacial score (nSPS) is 57.8. The Labute approximate surface area is 135 Å². The average Bonchev–Trinajstić information content (AvgIpc) is 2.86. The maximum absolute atomic E-state index is 10.7. The largest absolute Gasteiger partial charge is 0.393 e. The van der Waals surface area contributed by atoms with Gasteiger partial charge in [-0.25, -0.2) is 0 Å². The van der Waals surface area contributed by atoms with E-state index in [1.807, 2.05) is 0 Å². The van der Waals surface area contributed by atoms with Gasteiger partial charge in [-0.3, -0.25) is 0 Å². The number of aliphatic hydroxyl groups excluding tert-OH is 2. The molecular weight excluding hydrogens is 272 g/mol. The van der Waals surface area contributed by atoms with E-state index in [1.54, 1.807) is 0 Å². The molecule has 0 unspecified atom stereocenters. The van der Waals surface area contributed by atoms with Crippen LogP contribution in [0.15, 0.2) is 0 Å². The zero-order chi connectivity index (χ0) is 15.5. The number of rotatable bonds is 1. The summed E-state index contributed by atoms with van der Waals surface area (Å²) in [7, 11) is 0. The van der Waals surface area contributed by atoms with Gasteiger partial charge in [0.2, 0.25) is 0 Å². The first kappa shape index (κ1) is 15.4. The third kappa shape index (κ3) is 1.92. The lowest BCUT2D eigenvalue weighted by Gasteiger charge is -2.61. The molecule has 4 fully saturated rings. The molecule has 0 aromatic carbocycles. The molecule has 0 amide bonds. The van der Waals surface area contributed by atoms with E-state index < -0.39 is 0 Å². The van der Waals surface area contributed by atoms with Crippen molar-refractivity contribution in [2.45, 2.75) is 90.3 Å². The maximum atomic E-state index is 10.7. The summed E-state index contributed by atoms with van der Waals surface area (Å²) in [5.41, 5.74) is 0.716. The predicted octanol–water partition coefficient (Wildman–Crippen LogP) is 4.14. The van der Waals surface area contributed by atoms with Gasteiger partial charge in [0.15, 0.2) is 0 Å². The van der Waals surface area contributed by atoms with Crippen LogP contribution >= 0.6 is 0 Å². The lowest BCUT2D eigenvalue weighted by molar-refractivity contribution is -0.139. The number of hydrogen-bond acceptors (Lipinski definition) is 2. The summed E-state index contributed by atoms with van der Waals surface area (Å²) in [6.07, 6.45) is 11.9. The van der Waals surface area contributed by atoms with Crippen LogP contribution in [0.25, 0.3) is 0 Å². The summed E-state index contributed by atoms with van der Waals surface area (Å²) in [6.45, 7) is 4.86. The minimum atomic E-state index is -0.0405. The van der Waals surface area contributed by atoms with Crippen LogP contribution in [0, 0.1) is 34.5 Å². The zero-order valence-corrected chi connectivity index (χ0v) is 14.4. The van der Waals surface area contributed by atoms with Gasteiger partial charge in [0, 0.05) is 0 Å². The first-order valence-electron chi connectivity index (χ1n) is 9.87. The van der Waals surface area contributed by atoms with Crippen LogP contribution in [0.4, 0.5) is 0 Å². The lowest BCUT2D eigenvalue weighted by atomic mass is 9.44. The second-order valence-electron chi connectivity index (χ2n) is 9.30. The molecule has 0 aliphatic heterocycles. The second-order valence-corrected chi connectivity index (χ2v) is 9.30. The molecule has 8 atom stereocenters. The van der Waals surface area contributed by atoms with Crippen molar-refractivity contribution < 1.29 is 10.2 Å². The Kier molecular flexibility index (Phi) is 3.66. The molecule has 0 aromatic heterocycles. The number of fused-ring (bicyclic) bond motifs is 5. The number of aliphatic hydroxyl groups is 2. The Morgan fingerprint density at radius 1 is 0.909 bits per heavy atom. The Morgan fingerprint density at radius 3 is 2.50 bits per heavy atom. The summed E-state index contributed by atoms with van der Waals surface area (Å²) in [4.78, 5) is 0. The molecule has 0 heterocycles. The molecule has 0 saturated heterocycles. The molecule has 0 bridgehead atoms. The van der Waals surface area contributed by atoms with Gasteiger partial charge >= 0.3 is 0 Å². The molecule has 22 heavy (non-hydrogen) atoms. The van der Waals surface area contributed by atoms with Gasteiger partial charge in [0.05, 0.1) is 12.2 Å². The first-order chi connectivity index (χ1) is 10.5. The highest BCUT2D eigenvalue weighted by atomic mass is 16.3. The van der Waals surface area contributed by atoms with Crippen LogP contribution in [0.5, 0.6) is 0 Å². The molecule has 4 aliphatic carbocycles. The van der Waals surface area contributed by atoms with Gasteiger partial charge in [-0.2, -0.15) is 0 Å². The topological polar surface area (TPSA) is 40.5 Å². The van der Waals surface area contributed by atoms with Gasteiger partial charge in [-0.15, -0.1) is 0 Å². The Morgan fingerprint density at radius 2 is 1.73 bits per heavy atom. The Hall–Kier alpha value is -0.0800. The summed E-state index contributed by atoms with van der Waals surface area (Å²) >= 11 is 0. The van der Waals surface area contributed by atoms with Crippen molar-refractivity contribution in [2.75, 3.05) is 0 Å². The quantitative estimate of drug-likeness (QED) is 0.764. The molecule has 2 N–H and O–H groups in total. The highest BCUT2D eigenvalue weighted by Gasteiger charge is 2.60. The van der Waals surface area contributed by atoms with Crippen LogP contribution in [-0.4, -0.2) is 22.4 Å². The van der Waals surface area contributed by atoms with E-state index in [-0.39, 0.29) is 17.6 Å². The van der Waals surface area contributed by atoms with Crippen molar-refractivity contribution in [3.05, 3.63) is 0 Å². The summed E-state index contributed by atoms with van der Waals surface area (Å²) in [5.74, 6) is 3.23. The fourth-order valence-corrected chi connectivity index (χ4v) is 7.69. The summed E-state index contributed by atoms with van der Waals surface area (Å²) in [6, 6.07) is 0. The molecule has 2 heteroatoms. The van der Waals surface area contributed by atoms with E-state index >= 15 is 0 Å². The van der Waals surface area contributed by atoms with Crippen molar-refractivity contribution >= 4 is 0 Å². The average molecular weight is 306 g/mol. The minimum Gasteiger partial charge on any atom is -0.393 e. The van der Waals surface area contributed by atoms with Gasteiger partial charge in [-0.1, -0.05) is 13.8 Å². The molecule has 4 saturated carbocycles. The van der Waals surface area contributed by atoms with Gasteiger partial charge in [0.25, 0.3) is 0 Å². The molecular formula is C20H34O2. The van der Waals surface area contributed by atoms with Crippen LogP contribution < -0.4 is 0 Å². The fourth-order valence-electron chi connectivity index (χ4n) is 7.69. The summed E-state index contributed by atoms with van der Waals surface area (Å²) < 4.78 is 0. The molecule has 0 aromatic rings. The molecule has 4 rings (SSSR count). The fraction of sp³-hybridized carbons (Fsp3) is 1.00. The minimum absolute atomic E-state index is 0.0397. The first-order valence-corrected chi connectivity index (χ1v) is 9.87. The van der Waals surface area contributed by atoms with E-state index in [0.717, 1.165) is 42.9 Å². The zero-order valence-electron chi connectivity index (χ0n) is 14.4. The van der Waals surface area contributed by atoms with Crippen LogP contribution in [0.3, 0.4) is 0 Å². The highest BCUT2D eigenvalue weighted by Crippen LogP contribution is 2.67. The summed E-state index contributed by atoms with van der Waals surface area (Å²) in [5, 5.41) is 20.8. The smallest absolute Gasteiger partial charge is 0.0599 e. The molecule has 0 spiro atoms. The van der Waals surface area contributed by atoms with Gasteiger partial charge in [0.1, 0.15) is 0 Å². The SMILES string of the molecule is CC[C@]12CC[C@H]3[C@@H](CC[C@H]4C[C@H](O)CC[C@@]43C)[C@@H]1CC[C@@H]2O. The monoisotopic (exact) mass is 306 g/mol. The third-order valence-electron chi connectivity index (χ3n) is 8.97. The van der Waals surface area contributed by atoms with E-state index in [1.165, 1.54) is 44.9 Å². The Balaban J connectivity index is 1.63. The van der Waals surface area contributed by atoms with E-state index in [9.17, 15) is 10.2 Å². The Bertz CT molecular complexity index is 435. The highest BCUT2D eigenvalue weighted by molar-refractivity contribution is 5.10. The lowest BCUT2D eigenvalue weighted by Crippen LogP contribution is -2.55. The van der Waals surface area contributed by atoms with Crippen molar-refractivity contribution in [1.82, 2.24) is 0 Å². The molecule has 0 radical (unpaired) electrons. The van der Waals surface area contributed by atoms with Crippen LogP contribution in [0.2, 0.25) is 0 Å². The maximum Gasteiger partial charge on any atom is 0.0599 e. The van der Waals surface area contributed by atoms with Crippen molar-refractivity contribution in [3.63, 3.8) is 0 Å². The van der Waals surface area contributed by atoms with Crippen molar-refractivity contribution in [1.29, 1.82) is 0 Å². The van der Waals surface area contributed by atoms with E-state index in [0.29, 0.717) is 5.41 Å². The predicted molar refractivity (Wildman–Crippen MR) is 88.4 cm³/mol. The van der Waals surface area contributed by atoms with Crippen LogP contribution in [-0.2, 0) is 0 Å². The second kappa shape index (κ2) is 5.21. The third-order valence-corrected chi connectivity index (χ3v) is 8.97. The molecule has 2 nitrogen and oxygen atoms in total. The van der Waals surface area contributed by atoms with E-state index in [4.69, 9.17) is 0 Å². The standard InChI is InChI=1S/C20H34O2/c1-3-20-11-9-16-15(17(20)6-7-18(20)22)5-4-13-12-14(21)8-10-19(13,16)2/h13-18,21-22H,3-12H2,1-2H3/t13-,14+,15+,16-,17-,18-,19-,20-/m0/s1. The van der Waals surface area contributed by atoms with Gasteiger partial charge in [-0.05, 0) is 98.7 Å². The molecule has 4 aliphatic rings. The van der Waals surface area contributed by atoms with Gasteiger partial charge < -0.3 is 10.2 Å². The van der Waals surface area contributed by atoms with Crippen molar-refractivity contribution in [3.8, 4) is 0 Å². The van der Waals surface area contributed by atoms with Crippen LogP contribution in [0.1, 0.15) is 78.1 Å². The molecule has 126 valence electrons.